The topological polar surface area (TPSA) is 88.6 Å². The van der Waals surface area contributed by atoms with Gasteiger partial charge in [-0.3, -0.25) is 9.59 Å². The molecule has 3 N–H and O–H groups in total. The number of carbonyl (C=O) groups is 2. The van der Waals surface area contributed by atoms with Crippen molar-refractivity contribution in [3.8, 4) is 0 Å². The van der Waals surface area contributed by atoms with Gasteiger partial charge in [-0.1, -0.05) is 24.8 Å². The summed E-state index contributed by atoms with van der Waals surface area (Å²) in [7, 11) is 0. The molecular formula is C22H27N3O3S. The maximum atomic E-state index is 13.0. The van der Waals surface area contributed by atoms with Gasteiger partial charge in [0.1, 0.15) is 17.3 Å². The number of aryl methyl sites for hydroxylation is 1. The Labute approximate surface area is 175 Å². The highest BCUT2D eigenvalue weighted by atomic mass is 32.1. The number of hydrogen-bond donors (Lipinski definition) is 2. The van der Waals surface area contributed by atoms with Gasteiger partial charge >= 0.3 is 0 Å². The first-order valence-corrected chi connectivity index (χ1v) is 10.0. The van der Waals surface area contributed by atoms with E-state index in [1.807, 2.05) is 20.8 Å². The van der Waals surface area contributed by atoms with E-state index in [1.54, 1.807) is 37.3 Å². The molecule has 2 rings (SSSR count). The highest BCUT2D eigenvalue weighted by Crippen LogP contribution is 2.35. The molecule has 0 radical (unpaired) electrons. The lowest BCUT2D eigenvalue weighted by atomic mass is 10.1. The van der Waals surface area contributed by atoms with Crippen LogP contribution in [0, 0.1) is 13.8 Å². The Morgan fingerprint density at radius 3 is 2.62 bits per heavy atom. The van der Waals surface area contributed by atoms with Gasteiger partial charge in [-0.05, 0) is 45.4 Å². The van der Waals surface area contributed by atoms with Gasteiger partial charge in [0.2, 0.25) is 5.91 Å². The molecule has 2 amide bonds. The zero-order valence-electron chi connectivity index (χ0n) is 17.2. The first kappa shape index (κ1) is 22.2. The Bertz CT molecular complexity index is 952. The van der Waals surface area contributed by atoms with E-state index in [4.69, 9.17) is 10.2 Å². The minimum atomic E-state index is -0.315. The number of hydrogen-bond acceptors (Lipinski definition) is 5. The summed E-state index contributed by atoms with van der Waals surface area (Å²) in [4.78, 5) is 28.3. The van der Waals surface area contributed by atoms with E-state index in [2.05, 4.69) is 11.9 Å². The monoisotopic (exact) mass is 413 g/mol. The van der Waals surface area contributed by atoms with Crippen LogP contribution in [0.2, 0.25) is 0 Å². The summed E-state index contributed by atoms with van der Waals surface area (Å²) in [5, 5.41) is 3.53. The van der Waals surface area contributed by atoms with Crippen LogP contribution in [0.25, 0.3) is 5.70 Å². The van der Waals surface area contributed by atoms with Crippen molar-refractivity contribution in [2.45, 2.75) is 34.2 Å². The number of thiophene rings is 1. The van der Waals surface area contributed by atoms with Gasteiger partial charge in [0.05, 0.1) is 12.8 Å². The van der Waals surface area contributed by atoms with Crippen LogP contribution < -0.4 is 11.1 Å². The number of furan rings is 1. The van der Waals surface area contributed by atoms with Crippen LogP contribution in [0.4, 0.5) is 5.00 Å². The fourth-order valence-electron chi connectivity index (χ4n) is 2.88. The second-order valence-corrected chi connectivity index (χ2v) is 7.77. The molecule has 0 aromatic carbocycles. The number of rotatable bonds is 8. The second kappa shape index (κ2) is 9.93. The summed E-state index contributed by atoms with van der Waals surface area (Å²) in [6.07, 6.45) is 6.77. The Morgan fingerprint density at radius 1 is 1.34 bits per heavy atom. The first-order chi connectivity index (χ1) is 13.8. The molecule has 0 saturated heterocycles. The average molecular weight is 414 g/mol. The number of amides is 2. The van der Waals surface area contributed by atoms with E-state index in [0.29, 0.717) is 22.0 Å². The van der Waals surface area contributed by atoms with Crippen LogP contribution in [0.3, 0.4) is 0 Å². The van der Waals surface area contributed by atoms with Gasteiger partial charge in [0.15, 0.2) is 0 Å². The lowest BCUT2D eigenvalue weighted by Crippen LogP contribution is -2.38. The highest BCUT2D eigenvalue weighted by Gasteiger charge is 2.22. The normalized spacial score (nSPS) is 11.7. The lowest BCUT2D eigenvalue weighted by molar-refractivity contribution is -0.131. The molecule has 0 saturated carbocycles. The van der Waals surface area contributed by atoms with Crippen LogP contribution >= 0.6 is 11.3 Å². The Kier molecular flexibility index (Phi) is 7.61. The summed E-state index contributed by atoms with van der Waals surface area (Å²) in [6.45, 7) is 11.4. The van der Waals surface area contributed by atoms with Crippen molar-refractivity contribution in [1.29, 1.82) is 0 Å². The number of nitrogens with zero attached hydrogens (tertiary/aromatic N) is 1. The number of allylic oxidation sites excluding steroid dienone is 2. The fourth-order valence-corrected chi connectivity index (χ4v) is 4.00. The molecule has 0 unspecified atom stereocenters. The van der Waals surface area contributed by atoms with Gasteiger partial charge in [-0.15, -0.1) is 11.3 Å². The third kappa shape index (κ3) is 5.48. The van der Waals surface area contributed by atoms with Crippen LogP contribution in [-0.4, -0.2) is 23.3 Å². The number of anilines is 1. The van der Waals surface area contributed by atoms with E-state index in [-0.39, 0.29) is 24.9 Å². The van der Waals surface area contributed by atoms with Crippen molar-refractivity contribution in [2.75, 3.05) is 11.9 Å². The maximum Gasteiger partial charge on any atom is 0.254 e. The van der Waals surface area contributed by atoms with Crippen molar-refractivity contribution in [3.05, 3.63) is 70.5 Å². The molecule has 6 nitrogen and oxygen atoms in total. The van der Waals surface area contributed by atoms with Gasteiger partial charge in [-0.2, -0.15) is 0 Å². The van der Waals surface area contributed by atoms with E-state index in [0.717, 1.165) is 16.0 Å². The minimum absolute atomic E-state index is 0.124. The molecule has 0 bridgehead atoms. The molecule has 0 atom stereocenters. The number of nitrogens with two attached hydrogens (primary N) is 1. The van der Waals surface area contributed by atoms with Crippen molar-refractivity contribution in [3.63, 3.8) is 0 Å². The van der Waals surface area contributed by atoms with Gasteiger partial charge in [-0.25, -0.2) is 0 Å². The molecular weight excluding hydrogens is 386 g/mol. The molecule has 2 aromatic rings. The van der Waals surface area contributed by atoms with E-state index in [1.165, 1.54) is 22.5 Å². The molecule has 7 heteroatoms. The Hall–Kier alpha value is -3.06. The largest absolute Gasteiger partial charge is 0.467 e. The fraction of sp³-hybridized carbons (Fsp3) is 0.273. The summed E-state index contributed by atoms with van der Waals surface area (Å²) in [5.41, 5.74) is 8.54. The summed E-state index contributed by atoms with van der Waals surface area (Å²) < 4.78 is 5.37. The average Bonchev–Trinajstić information content (AvgIpc) is 3.26. The second-order valence-electron chi connectivity index (χ2n) is 6.55. The molecule has 29 heavy (non-hydrogen) atoms. The van der Waals surface area contributed by atoms with Crippen molar-refractivity contribution < 1.29 is 14.0 Å². The molecule has 2 aromatic heterocycles. The third-order valence-electron chi connectivity index (χ3n) is 4.41. The molecule has 154 valence electrons. The zero-order chi connectivity index (χ0) is 21.6. The summed E-state index contributed by atoms with van der Waals surface area (Å²) in [5.74, 6) is 0.0321. The lowest BCUT2D eigenvalue weighted by Gasteiger charge is -2.22. The predicted molar refractivity (Wildman–Crippen MR) is 118 cm³/mol. The standard InChI is InChI=1S/C22H27N3O3S/c1-6-9-17(7-2)22(27)25(12-18-10-8-11-28-18)13-19(26)24-21-20(15(4)23)14(3)16(5)29-21/h6-11H,4,12-13,23H2,1-3,5H3,(H,24,26)/b9-6-,17-7+. The Morgan fingerprint density at radius 2 is 2.07 bits per heavy atom. The van der Waals surface area contributed by atoms with Crippen LogP contribution in [0.1, 0.15) is 35.6 Å². The molecule has 0 aliphatic heterocycles. The number of carbonyl (C=O) groups excluding carboxylic acids is 2. The zero-order valence-corrected chi connectivity index (χ0v) is 18.1. The quantitative estimate of drug-likeness (QED) is 0.497. The molecule has 2 heterocycles. The van der Waals surface area contributed by atoms with Crippen molar-refractivity contribution >= 4 is 33.8 Å². The SMILES string of the molecule is C=C(N)c1c(NC(=O)CN(Cc2ccco2)C(=O)C(/C=C\C)=C/C)sc(C)c1C. The third-order valence-corrected chi connectivity index (χ3v) is 5.53. The van der Waals surface area contributed by atoms with E-state index >= 15 is 0 Å². The highest BCUT2D eigenvalue weighted by molar-refractivity contribution is 7.16. The van der Waals surface area contributed by atoms with Crippen LogP contribution in [0.5, 0.6) is 0 Å². The first-order valence-electron chi connectivity index (χ1n) is 9.23. The van der Waals surface area contributed by atoms with Gasteiger partial charge in [0.25, 0.3) is 5.91 Å². The van der Waals surface area contributed by atoms with E-state index in [9.17, 15) is 9.59 Å². The molecule has 0 aliphatic carbocycles. The van der Waals surface area contributed by atoms with Crippen molar-refractivity contribution in [1.82, 2.24) is 4.90 Å². The minimum Gasteiger partial charge on any atom is -0.467 e. The summed E-state index contributed by atoms with van der Waals surface area (Å²) >= 11 is 1.44. The maximum absolute atomic E-state index is 13.0. The van der Waals surface area contributed by atoms with Crippen molar-refractivity contribution in [2.24, 2.45) is 5.73 Å². The van der Waals surface area contributed by atoms with Crippen LogP contribution in [-0.2, 0) is 16.1 Å². The smallest absolute Gasteiger partial charge is 0.254 e. The number of nitrogens with one attached hydrogen (secondary N) is 1. The molecule has 0 aliphatic rings. The van der Waals surface area contributed by atoms with E-state index < -0.39 is 0 Å². The van der Waals surface area contributed by atoms with Gasteiger partial charge < -0.3 is 20.4 Å². The predicted octanol–water partition coefficient (Wildman–Crippen LogP) is 4.38. The Balaban J connectivity index is 2.24. The van der Waals surface area contributed by atoms with Gasteiger partial charge in [0, 0.05) is 21.7 Å². The van der Waals surface area contributed by atoms with Crippen LogP contribution in [0.15, 0.2) is 53.2 Å². The summed E-state index contributed by atoms with van der Waals surface area (Å²) in [6, 6.07) is 3.52. The molecule has 0 spiro atoms. The molecule has 0 fully saturated rings.